The lowest BCUT2D eigenvalue weighted by Crippen LogP contribution is -2.25. The Balaban J connectivity index is 1.54. The number of methoxy groups -OCH3 is 1. The second kappa shape index (κ2) is 8.21. The molecule has 1 saturated carbocycles. The van der Waals surface area contributed by atoms with Gasteiger partial charge in [0.2, 0.25) is 5.91 Å². The molecule has 0 spiro atoms. The van der Waals surface area contributed by atoms with Crippen LogP contribution in [0.25, 0.3) is 0 Å². The molecule has 0 radical (unpaired) electrons. The number of amides is 1. The van der Waals surface area contributed by atoms with Gasteiger partial charge in [-0.2, -0.15) is 5.10 Å². The third kappa shape index (κ3) is 3.83. The van der Waals surface area contributed by atoms with Crippen LogP contribution in [0.15, 0.2) is 88.4 Å². The van der Waals surface area contributed by atoms with E-state index < -0.39 is 0 Å². The van der Waals surface area contributed by atoms with Crippen molar-refractivity contribution < 1.29 is 9.53 Å². The predicted octanol–water partition coefficient (Wildman–Crippen LogP) is 4.91. The molecule has 1 N–H and O–H groups in total. The molecule has 1 fully saturated rings. The second-order valence-corrected chi connectivity index (χ2v) is 8.00. The van der Waals surface area contributed by atoms with Crippen molar-refractivity contribution in [3.63, 3.8) is 0 Å². The van der Waals surface area contributed by atoms with E-state index in [-0.39, 0.29) is 17.2 Å². The van der Waals surface area contributed by atoms with Gasteiger partial charge < -0.3 is 4.74 Å². The summed E-state index contributed by atoms with van der Waals surface area (Å²) in [7, 11) is 1.61. The maximum absolute atomic E-state index is 12.9. The average molecular weight is 449 g/mol. The minimum absolute atomic E-state index is 0.0806. The Bertz CT molecular complexity index is 996. The van der Waals surface area contributed by atoms with E-state index in [0.29, 0.717) is 5.75 Å². The summed E-state index contributed by atoms with van der Waals surface area (Å²) in [6.45, 7) is 0. The van der Waals surface area contributed by atoms with Gasteiger partial charge in [0.25, 0.3) is 0 Å². The monoisotopic (exact) mass is 448 g/mol. The lowest BCUT2D eigenvalue weighted by molar-refractivity contribution is -0.122. The molecule has 1 aliphatic carbocycles. The van der Waals surface area contributed by atoms with Gasteiger partial charge in [-0.3, -0.25) is 4.79 Å². The van der Waals surface area contributed by atoms with E-state index in [9.17, 15) is 4.79 Å². The quantitative estimate of drug-likeness (QED) is 0.429. The van der Waals surface area contributed by atoms with Crippen LogP contribution in [0.4, 0.5) is 0 Å². The Labute approximate surface area is 178 Å². The minimum Gasteiger partial charge on any atom is -0.496 e. The molecule has 5 heteroatoms. The first-order valence-corrected chi connectivity index (χ1v) is 10.2. The van der Waals surface area contributed by atoms with Crippen molar-refractivity contribution in [2.45, 2.75) is 11.8 Å². The lowest BCUT2D eigenvalue weighted by atomic mass is 9.85. The predicted molar refractivity (Wildman–Crippen MR) is 118 cm³/mol. The molecule has 0 unspecified atom stereocenters. The summed E-state index contributed by atoms with van der Waals surface area (Å²) in [5.41, 5.74) is 5.52. The lowest BCUT2D eigenvalue weighted by Gasteiger charge is -2.18. The summed E-state index contributed by atoms with van der Waals surface area (Å²) < 4.78 is 6.26. The number of carbonyl (C=O) groups is 1. The fraction of sp³-hybridized carbons (Fsp3) is 0.167. The van der Waals surface area contributed by atoms with Gasteiger partial charge in [-0.1, -0.05) is 76.6 Å². The van der Waals surface area contributed by atoms with Gasteiger partial charge in [0.1, 0.15) is 5.75 Å². The van der Waals surface area contributed by atoms with E-state index >= 15 is 0 Å². The van der Waals surface area contributed by atoms with Crippen LogP contribution in [0.2, 0.25) is 0 Å². The third-order valence-corrected chi connectivity index (χ3v) is 5.92. The van der Waals surface area contributed by atoms with Gasteiger partial charge in [-0.05, 0) is 35.7 Å². The maximum Gasteiger partial charge on any atom is 0.244 e. The van der Waals surface area contributed by atoms with Gasteiger partial charge in [0.05, 0.1) is 19.2 Å². The Hall–Kier alpha value is -2.92. The molecule has 0 heterocycles. The van der Waals surface area contributed by atoms with Gasteiger partial charge in [0.15, 0.2) is 0 Å². The first kappa shape index (κ1) is 19.4. The molecule has 1 aliphatic rings. The fourth-order valence-corrected chi connectivity index (χ4v) is 4.28. The van der Waals surface area contributed by atoms with Crippen molar-refractivity contribution in [3.8, 4) is 5.75 Å². The molecule has 4 nitrogen and oxygen atoms in total. The Kier molecular flexibility index (Phi) is 5.49. The molecular formula is C24H21BrN2O2. The van der Waals surface area contributed by atoms with Gasteiger partial charge >= 0.3 is 0 Å². The molecule has 29 heavy (non-hydrogen) atoms. The van der Waals surface area contributed by atoms with Crippen molar-refractivity contribution in [3.05, 3.63) is 100 Å². The molecule has 0 saturated heterocycles. The molecule has 4 rings (SSSR count). The summed E-state index contributed by atoms with van der Waals surface area (Å²) in [6.07, 6.45) is 2.37. The largest absolute Gasteiger partial charge is 0.496 e. The molecule has 0 aromatic heterocycles. The van der Waals surface area contributed by atoms with Crippen molar-refractivity contribution in [1.82, 2.24) is 5.43 Å². The van der Waals surface area contributed by atoms with Crippen LogP contribution in [0, 0.1) is 5.92 Å². The third-order valence-electron chi connectivity index (χ3n) is 5.43. The molecule has 1 atom stereocenters. The van der Waals surface area contributed by atoms with Gasteiger partial charge in [-0.25, -0.2) is 5.43 Å². The van der Waals surface area contributed by atoms with E-state index in [1.54, 1.807) is 13.3 Å². The summed E-state index contributed by atoms with van der Waals surface area (Å²) in [5, 5.41) is 4.18. The molecule has 146 valence electrons. The Morgan fingerprint density at radius 1 is 1.07 bits per heavy atom. The van der Waals surface area contributed by atoms with E-state index in [4.69, 9.17) is 4.74 Å². The number of hydrogen-bond donors (Lipinski definition) is 1. The zero-order valence-corrected chi connectivity index (χ0v) is 17.6. The molecule has 3 aromatic rings. The first-order valence-electron chi connectivity index (χ1n) is 9.42. The topological polar surface area (TPSA) is 50.7 Å². The molecular weight excluding hydrogens is 428 g/mol. The van der Waals surface area contributed by atoms with Crippen LogP contribution in [-0.2, 0) is 10.2 Å². The molecule has 0 bridgehead atoms. The number of hydrogen-bond acceptors (Lipinski definition) is 3. The van der Waals surface area contributed by atoms with Crippen LogP contribution in [0.3, 0.4) is 0 Å². The standard InChI is InChI=1S/C24H21BrN2O2/c1-29-22-13-12-20(25)14-17(22)16-26-27-23(28)21-15-24(21,18-8-4-2-5-9-18)19-10-6-3-7-11-19/h2-14,16,21H,15H2,1H3,(H,27,28)/b26-16-/t21-/m1/s1. The summed E-state index contributed by atoms with van der Waals surface area (Å²) in [4.78, 5) is 12.9. The van der Waals surface area contributed by atoms with E-state index in [1.807, 2.05) is 54.6 Å². The number of ether oxygens (including phenoxy) is 1. The SMILES string of the molecule is COc1ccc(Br)cc1/C=N\NC(=O)[C@H]1CC1(c1ccccc1)c1ccccc1. The number of rotatable bonds is 6. The normalized spacial score (nSPS) is 17.1. The molecule has 1 amide bonds. The smallest absolute Gasteiger partial charge is 0.244 e. The summed E-state index contributed by atoms with van der Waals surface area (Å²) in [6, 6.07) is 26.1. The van der Waals surface area contributed by atoms with Gasteiger partial charge in [-0.15, -0.1) is 0 Å². The van der Waals surface area contributed by atoms with E-state index in [1.165, 1.54) is 0 Å². The highest BCUT2D eigenvalue weighted by Crippen LogP contribution is 2.58. The minimum atomic E-state index is -0.296. The van der Waals surface area contributed by atoms with Crippen molar-refractivity contribution >= 4 is 28.1 Å². The number of nitrogens with zero attached hydrogens (tertiary/aromatic N) is 1. The maximum atomic E-state index is 12.9. The zero-order valence-electron chi connectivity index (χ0n) is 16.0. The van der Waals surface area contributed by atoms with Crippen LogP contribution in [0.5, 0.6) is 5.75 Å². The van der Waals surface area contributed by atoms with E-state index in [2.05, 4.69) is 50.7 Å². The molecule has 0 aliphatic heterocycles. The Morgan fingerprint density at radius 3 is 2.28 bits per heavy atom. The number of nitrogens with one attached hydrogen (secondary N) is 1. The summed E-state index contributed by atoms with van der Waals surface area (Å²) >= 11 is 3.44. The number of hydrazone groups is 1. The van der Waals surface area contributed by atoms with Gasteiger partial charge in [0, 0.05) is 15.5 Å². The Morgan fingerprint density at radius 2 is 1.69 bits per heavy atom. The van der Waals surface area contributed by atoms with Crippen molar-refractivity contribution in [1.29, 1.82) is 0 Å². The van der Waals surface area contributed by atoms with E-state index in [0.717, 1.165) is 27.6 Å². The number of halogens is 1. The van der Waals surface area contributed by atoms with Crippen LogP contribution in [0.1, 0.15) is 23.1 Å². The van der Waals surface area contributed by atoms with Crippen LogP contribution >= 0.6 is 15.9 Å². The van der Waals surface area contributed by atoms with Crippen molar-refractivity contribution in [2.24, 2.45) is 11.0 Å². The fourth-order valence-electron chi connectivity index (χ4n) is 3.90. The highest BCUT2D eigenvalue weighted by Gasteiger charge is 2.60. The summed E-state index contributed by atoms with van der Waals surface area (Å²) in [5.74, 6) is 0.456. The zero-order chi connectivity index (χ0) is 20.3. The number of carbonyl (C=O) groups excluding carboxylic acids is 1. The average Bonchev–Trinajstić information content (AvgIpc) is 3.52. The number of benzene rings is 3. The van der Waals surface area contributed by atoms with Crippen molar-refractivity contribution in [2.75, 3.05) is 7.11 Å². The highest BCUT2D eigenvalue weighted by molar-refractivity contribution is 9.10. The van der Waals surface area contributed by atoms with Crippen LogP contribution < -0.4 is 10.2 Å². The highest BCUT2D eigenvalue weighted by atomic mass is 79.9. The second-order valence-electron chi connectivity index (χ2n) is 7.08. The molecule has 3 aromatic carbocycles. The first-order chi connectivity index (χ1) is 14.1. The van der Waals surface area contributed by atoms with Crippen LogP contribution in [-0.4, -0.2) is 19.2 Å².